The Morgan fingerprint density at radius 1 is 1.03 bits per heavy atom. The van der Waals surface area contributed by atoms with E-state index in [1.54, 1.807) is 43.3 Å². The maximum atomic E-state index is 13.0. The summed E-state index contributed by atoms with van der Waals surface area (Å²) < 4.78 is 11.1. The number of ether oxygens (including phenoxy) is 2. The number of esters is 2. The van der Waals surface area contributed by atoms with Gasteiger partial charge in [0.2, 0.25) is 0 Å². The van der Waals surface area contributed by atoms with Crippen molar-refractivity contribution in [1.29, 1.82) is 0 Å². The molecule has 0 heterocycles. The molecule has 2 aromatic rings. The lowest BCUT2D eigenvalue weighted by molar-refractivity contribution is -0.119. The summed E-state index contributed by atoms with van der Waals surface area (Å²) in [5.41, 5.74) is 1.47. The van der Waals surface area contributed by atoms with E-state index in [1.807, 2.05) is 0 Å². The monoisotopic (exact) mass is 485 g/mol. The standard InChI is InChI=1S/C27H32ClNO5/c1-16(2)19-13-12-17(3)14-24(19)34-27(32)21-9-6-5-8-20(21)26(31)33-15-25(30)29-23-11-7-10-22(28)18(23)4/h5-11,16-17,19,24H,12-15H2,1-4H3,(H,29,30)/t17-,19-,24+/m0/s1. The molecule has 0 unspecified atom stereocenters. The highest BCUT2D eigenvalue weighted by Crippen LogP contribution is 2.36. The van der Waals surface area contributed by atoms with Crippen LogP contribution in [0.2, 0.25) is 5.02 Å². The molecule has 1 aliphatic carbocycles. The predicted octanol–water partition coefficient (Wildman–Crippen LogP) is 6.06. The topological polar surface area (TPSA) is 81.7 Å². The highest BCUT2D eigenvalue weighted by atomic mass is 35.5. The number of carbonyl (C=O) groups excluding carboxylic acids is 3. The highest BCUT2D eigenvalue weighted by Gasteiger charge is 2.34. The summed E-state index contributed by atoms with van der Waals surface area (Å²) in [6.07, 6.45) is 2.76. The lowest BCUT2D eigenvalue weighted by atomic mass is 9.75. The van der Waals surface area contributed by atoms with Crippen molar-refractivity contribution in [3.05, 3.63) is 64.2 Å². The minimum atomic E-state index is -0.761. The van der Waals surface area contributed by atoms with Crippen LogP contribution in [0.1, 0.15) is 66.3 Å². The Morgan fingerprint density at radius 2 is 1.71 bits per heavy atom. The number of anilines is 1. The summed E-state index contributed by atoms with van der Waals surface area (Å²) in [5.74, 6) is -0.645. The average Bonchev–Trinajstić information content (AvgIpc) is 2.80. The van der Waals surface area contributed by atoms with Gasteiger partial charge in [-0.05, 0) is 67.3 Å². The van der Waals surface area contributed by atoms with Crippen LogP contribution in [0.5, 0.6) is 0 Å². The van der Waals surface area contributed by atoms with Gasteiger partial charge in [-0.1, -0.05) is 57.0 Å². The van der Waals surface area contributed by atoms with E-state index in [9.17, 15) is 14.4 Å². The third-order valence-electron chi connectivity index (χ3n) is 6.46. The van der Waals surface area contributed by atoms with Crippen LogP contribution in [0.4, 0.5) is 5.69 Å². The molecular weight excluding hydrogens is 454 g/mol. The van der Waals surface area contributed by atoms with Crippen molar-refractivity contribution in [2.45, 2.75) is 53.1 Å². The second-order valence-corrected chi connectivity index (χ2v) is 9.76. The number of hydrogen-bond acceptors (Lipinski definition) is 5. The van der Waals surface area contributed by atoms with Crippen molar-refractivity contribution < 1.29 is 23.9 Å². The maximum Gasteiger partial charge on any atom is 0.339 e. The van der Waals surface area contributed by atoms with Gasteiger partial charge < -0.3 is 14.8 Å². The van der Waals surface area contributed by atoms with Crippen LogP contribution in [0.25, 0.3) is 0 Å². The Bertz CT molecular complexity index is 1050. The number of hydrogen-bond donors (Lipinski definition) is 1. The van der Waals surface area contributed by atoms with Crippen LogP contribution in [0.3, 0.4) is 0 Å². The van der Waals surface area contributed by atoms with Crippen molar-refractivity contribution in [2.24, 2.45) is 17.8 Å². The molecule has 1 amide bonds. The first-order valence-corrected chi connectivity index (χ1v) is 12.1. The fourth-order valence-corrected chi connectivity index (χ4v) is 4.60. The molecule has 1 N–H and O–H groups in total. The summed E-state index contributed by atoms with van der Waals surface area (Å²) in [5, 5.41) is 3.20. The first-order valence-electron chi connectivity index (χ1n) is 11.7. The van der Waals surface area contributed by atoms with Crippen LogP contribution in [-0.2, 0) is 14.3 Å². The zero-order valence-electron chi connectivity index (χ0n) is 20.1. The van der Waals surface area contributed by atoms with E-state index in [-0.39, 0.29) is 23.1 Å². The van der Waals surface area contributed by atoms with Gasteiger partial charge in [0.05, 0.1) is 11.1 Å². The van der Waals surface area contributed by atoms with Gasteiger partial charge in [0, 0.05) is 10.7 Å². The number of nitrogens with one attached hydrogen (secondary N) is 1. The Morgan fingerprint density at radius 3 is 2.38 bits per heavy atom. The van der Waals surface area contributed by atoms with E-state index in [4.69, 9.17) is 21.1 Å². The summed E-state index contributed by atoms with van der Waals surface area (Å²) >= 11 is 6.08. The van der Waals surface area contributed by atoms with Gasteiger partial charge in [-0.25, -0.2) is 9.59 Å². The first-order chi connectivity index (χ1) is 16.2. The van der Waals surface area contributed by atoms with E-state index in [0.29, 0.717) is 28.1 Å². The largest absolute Gasteiger partial charge is 0.458 e. The van der Waals surface area contributed by atoms with E-state index in [1.165, 1.54) is 6.07 Å². The number of amides is 1. The third kappa shape index (κ3) is 6.38. The molecule has 182 valence electrons. The number of halogens is 1. The predicted molar refractivity (Wildman–Crippen MR) is 132 cm³/mol. The van der Waals surface area contributed by atoms with Gasteiger partial charge in [0.15, 0.2) is 6.61 Å². The molecule has 2 aromatic carbocycles. The SMILES string of the molecule is Cc1c(Cl)cccc1NC(=O)COC(=O)c1ccccc1C(=O)O[C@@H]1C[C@@H](C)CC[C@H]1C(C)C. The molecule has 0 saturated heterocycles. The number of carbonyl (C=O) groups is 3. The molecule has 0 radical (unpaired) electrons. The average molecular weight is 486 g/mol. The third-order valence-corrected chi connectivity index (χ3v) is 6.87. The maximum absolute atomic E-state index is 13.0. The summed E-state index contributed by atoms with van der Waals surface area (Å²) in [7, 11) is 0. The van der Waals surface area contributed by atoms with E-state index >= 15 is 0 Å². The lowest BCUT2D eigenvalue weighted by Gasteiger charge is -2.36. The molecule has 3 atom stereocenters. The molecule has 0 bridgehead atoms. The minimum Gasteiger partial charge on any atom is -0.458 e. The van der Waals surface area contributed by atoms with Crippen LogP contribution < -0.4 is 5.32 Å². The molecule has 0 aliphatic heterocycles. The number of rotatable bonds is 7. The van der Waals surface area contributed by atoms with Crippen LogP contribution in [-0.4, -0.2) is 30.6 Å². The molecule has 0 spiro atoms. The molecule has 1 aliphatic rings. The van der Waals surface area contributed by atoms with Crippen molar-refractivity contribution in [1.82, 2.24) is 0 Å². The zero-order valence-corrected chi connectivity index (χ0v) is 20.9. The Hall–Kier alpha value is -2.86. The fourth-order valence-electron chi connectivity index (χ4n) is 4.43. The second-order valence-electron chi connectivity index (χ2n) is 9.35. The van der Waals surface area contributed by atoms with Crippen LogP contribution in [0, 0.1) is 24.7 Å². The highest BCUT2D eigenvalue weighted by molar-refractivity contribution is 6.31. The minimum absolute atomic E-state index is 0.0733. The van der Waals surface area contributed by atoms with Crippen molar-refractivity contribution in [2.75, 3.05) is 11.9 Å². The fraction of sp³-hybridized carbons (Fsp3) is 0.444. The van der Waals surface area contributed by atoms with Gasteiger partial charge in [-0.2, -0.15) is 0 Å². The smallest absolute Gasteiger partial charge is 0.339 e. The Kier molecular flexibility index (Phi) is 8.72. The summed E-state index contributed by atoms with van der Waals surface area (Å²) in [6.45, 7) is 7.73. The summed E-state index contributed by atoms with van der Waals surface area (Å²) in [6, 6.07) is 11.5. The molecule has 3 rings (SSSR count). The van der Waals surface area contributed by atoms with E-state index < -0.39 is 24.5 Å². The first kappa shape index (κ1) is 25.8. The Labute approximate surface area is 206 Å². The normalized spacial score (nSPS) is 20.0. The molecule has 1 fully saturated rings. The van der Waals surface area contributed by atoms with Gasteiger partial charge in [-0.3, -0.25) is 4.79 Å². The van der Waals surface area contributed by atoms with Crippen molar-refractivity contribution in [3.8, 4) is 0 Å². The molecule has 6 nitrogen and oxygen atoms in total. The molecule has 0 aromatic heterocycles. The van der Waals surface area contributed by atoms with Crippen molar-refractivity contribution >= 4 is 35.1 Å². The molecular formula is C27H32ClNO5. The zero-order chi connectivity index (χ0) is 24.8. The van der Waals surface area contributed by atoms with Gasteiger partial charge in [0.25, 0.3) is 5.91 Å². The van der Waals surface area contributed by atoms with Gasteiger partial charge in [0.1, 0.15) is 6.10 Å². The lowest BCUT2D eigenvalue weighted by Crippen LogP contribution is -2.36. The number of benzene rings is 2. The van der Waals surface area contributed by atoms with Crippen LogP contribution in [0.15, 0.2) is 42.5 Å². The molecule has 1 saturated carbocycles. The Balaban J connectivity index is 1.65. The van der Waals surface area contributed by atoms with Gasteiger partial charge in [-0.15, -0.1) is 0 Å². The molecule has 34 heavy (non-hydrogen) atoms. The molecule has 7 heteroatoms. The van der Waals surface area contributed by atoms with Crippen LogP contribution >= 0.6 is 11.6 Å². The quantitative estimate of drug-likeness (QED) is 0.482. The van der Waals surface area contributed by atoms with Gasteiger partial charge >= 0.3 is 11.9 Å². The van der Waals surface area contributed by atoms with Crippen molar-refractivity contribution in [3.63, 3.8) is 0 Å². The second kappa shape index (κ2) is 11.5. The van der Waals surface area contributed by atoms with E-state index in [0.717, 1.165) is 19.3 Å². The van der Waals surface area contributed by atoms with E-state index in [2.05, 4.69) is 26.1 Å². The summed E-state index contributed by atoms with van der Waals surface area (Å²) in [4.78, 5) is 38.1.